The second-order valence-electron chi connectivity index (χ2n) is 4.23. The SMILES string of the molecule is CCN(CC)C(=O)c1ccc(C(Cl)(Cl)Cl)cc1S(N)(=O)=O. The van der Waals surface area contributed by atoms with Crippen molar-refractivity contribution in [2.24, 2.45) is 5.14 Å². The summed E-state index contributed by atoms with van der Waals surface area (Å²) in [7, 11) is -4.13. The van der Waals surface area contributed by atoms with Crippen LogP contribution in [0.25, 0.3) is 0 Å². The smallest absolute Gasteiger partial charge is 0.255 e. The van der Waals surface area contributed by atoms with E-state index in [0.717, 1.165) is 6.07 Å². The summed E-state index contributed by atoms with van der Waals surface area (Å²) in [4.78, 5) is 13.5. The third-order valence-corrected chi connectivity index (χ3v) is 4.50. The van der Waals surface area contributed by atoms with Crippen LogP contribution in [0.1, 0.15) is 29.8 Å². The van der Waals surface area contributed by atoms with Gasteiger partial charge in [-0.05, 0) is 26.0 Å². The summed E-state index contributed by atoms with van der Waals surface area (Å²) < 4.78 is 21.6. The van der Waals surface area contributed by atoms with Gasteiger partial charge in [0.25, 0.3) is 5.91 Å². The summed E-state index contributed by atoms with van der Waals surface area (Å²) in [5.41, 5.74) is 0.0758. The first-order valence-electron chi connectivity index (χ1n) is 6.05. The van der Waals surface area contributed by atoms with Crippen LogP contribution in [-0.4, -0.2) is 32.3 Å². The molecule has 9 heteroatoms. The maximum Gasteiger partial charge on any atom is 0.255 e. The largest absolute Gasteiger partial charge is 0.339 e. The number of carbonyl (C=O) groups is 1. The van der Waals surface area contributed by atoms with Crippen molar-refractivity contribution in [2.45, 2.75) is 22.5 Å². The van der Waals surface area contributed by atoms with Gasteiger partial charge < -0.3 is 4.90 Å². The fourth-order valence-electron chi connectivity index (χ4n) is 1.79. The average Bonchev–Trinajstić information content (AvgIpc) is 2.37. The third kappa shape index (κ3) is 4.47. The first-order chi connectivity index (χ1) is 9.52. The van der Waals surface area contributed by atoms with Gasteiger partial charge in [0.1, 0.15) is 0 Å². The number of carbonyl (C=O) groups excluding carboxylic acids is 1. The fraction of sp³-hybridized carbons (Fsp3) is 0.417. The standard InChI is InChI=1S/C12H15Cl3N2O3S/c1-3-17(4-2)11(18)9-6-5-8(12(13,14)15)7-10(9)21(16,19)20/h5-7H,3-4H2,1-2H3,(H2,16,19,20). The number of hydrogen-bond acceptors (Lipinski definition) is 3. The lowest BCUT2D eigenvalue weighted by atomic mass is 10.1. The van der Waals surface area contributed by atoms with Crippen LogP contribution in [0.3, 0.4) is 0 Å². The number of benzene rings is 1. The van der Waals surface area contributed by atoms with E-state index >= 15 is 0 Å². The van der Waals surface area contributed by atoms with Crippen LogP contribution in [-0.2, 0) is 13.8 Å². The van der Waals surface area contributed by atoms with E-state index in [4.69, 9.17) is 39.9 Å². The van der Waals surface area contributed by atoms with Gasteiger partial charge in [0.2, 0.25) is 13.8 Å². The number of primary sulfonamides is 1. The highest BCUT2D eigenvalue weighted by Crippen LogP contribution is 2.39. The van der Waals surface area contributed by atoms with Crippen molar-refractivity contribution in [1.29, 1.82) is 0 Å². The molecule has 0 bridgehead atoms. The Balaban J connectivity index is 3.51. The molecule has 5 nitrogen and oxygen atoms in total. The number of nitrogens with zero attached hydrogens (tertiary/aromatic N) is 1. The normalized spacial score (nSPS) is 12.3. The molecule has 0 aliphatic rings. The summed E-state index contributed by atoms with van der Waals surface area (Å²) in [5.74, 6) is -0.445. The van der Waals surface area contributed by atoms with Gasteiger partial charge in [0, 0.05) is 18.7 Å². The zero-order chi connectivity index (χ0) is 16.4. The molecule has 0 saturated heterocycles. The zero-order valence-electron chi connectivity index (χ0n) is 11.4. The Bertz CT molecular complexity index is 638. The summed E-state index contributed by atoms with van der Waals surface area (Å²) >= 11 is 17.2. The molecule has 1 rings (SSSR count). The van der Waals surface area contributed by atoms with Crippen LogP contribution in [0, 0.1) is 0 Å². The second kappa shape index (κ2) is 6.71. The van der Waals surface area contributed by atoms with Gasteiger partial charge in [-0.15, -0.1) is 0 Å². The summed E-state index contributed by atoms with van der Waals surface area (Å²) in [6.45, 7) is 4.44. The molecule has 0 unspecified atom stereocenters. The van der Waals surface area contributed by atoms with E-state index in [9.17, 15) is 13.2 Å². The molecular formula is C12H15Cl3N2O3S. The van der Waals surface area contributed by atoms with E-state index in [1.54, 1.807) is 13.8 Å². The minimum absolute atomic E-state index is 0.0424. The summed E-state index contributed by atoms with van der Waals surface area (Å²) in [6, 6.07) is 3.80. The summed E-state index contributed by atoms with van der Waals surface area (Å²) in [6.07, 6.45) is 0. The van der Waals surface area contributed by atoms with Gasteiger partial charge in [-0.25, -0.2) is 13.6 Å². The molecule has 0 aromatic heterocycles. The molecule has 0 atom stereocenters. The Kier molecular flexibility index (Phi) is 5.91. The number of halogens is 3. The lowest BCUT2D eigenvalue weighted by Crippen LogP contribution is -2.32. The Labute approximate surface area is 139 Å². The van der Waals surface area contributed by atoms with Crippen LogP contribution in [0.15, 0.2) is 23.1 Å². The molecule has 2 N–H and O–H groups in total. The van der Waals surface area contributed by atoms with Gasteiger partial charge in [-0.3, -0.25) is 4.79 Å². The highest BCUT2D eigenvalue weighted by Gasteiger charge is 2.28. The molecule has 0 heterocycles. The van der Waals surface area contributed by atoms with Gasteiger partial charge in [0.15, 0.2) is 0 Å². The third-order valence-electron chi connectivity index (χ3n) is 2.90. The van der Waals surface area contributed by atoms with Gasteiger partial charge in [-0.1, -0.05) is 40.9 Å². The first kappa shape index (κ1) is 18.5. The lowest BCUT2D eigenvalue weighted by Gasteiger charge is -2.21. The van der Waals surface area contributed by atoms with Crippen molar-refractivity contribution in [3.63, 3.8) is 0 Å². The van der Waals surface area contributed by atoms with Gasteiger partial charge >= 0.3 is 0 Å². The fourth-order valence-corrected chi connectivity index (χ4v) is 2.90. The molecular weight excluding hydrogens is 359 g/mol. The highest BCUT2D eigenvalue weighted by molar-refractivity contribution is 7.89. The number of amides is 1. The first-order valence-corrected chi connectivity index (χ1v) is 8.73. The molecule has 1 amide bonds. The Morgan fingerprint density at radius 3 is 2.14 bits per heavy atom. The quantitative estimate of drug-likeness (QED) is 0.824. The van der Waals surface area contributed by atoms with E-state index in [-0.39, 0.29) is 16.0 Å². The van der Waals surface area contributed by atoms with Crippen LogP contribution in [0.4, 0.5) is 0 Å². The lowest BCUT2D eigenvalue weighted by molar-refractivity contribution is 0.0769. The summed E-state index contributed by atoms with van der Waals surface area (Å²) in [5, 5.41) is 5.16. The molecule has 1 aromatic carbocycles. The molecule has 1 aromatic rings. The molecule has 0 saturated carbocycles. The van der Waals surface area contributed by atoms with Crippen LogP contribution >= 0.6 is 34.8 Å². The predicted molar refractivity (Wildman–Crippen MR) is 84.3 cm³/mol. The predicted octanol–water partition coefficient (Wildman–Crippen LogP) is 2.64. The van der Waals surface area contributed by atoms with Gasteiger partial charge in [0.05, 0.1) is 10.5 Å². The van der Waals surface area contributed by atoms with Gasteiger partial charge in [-0.2, -0.15) is 0 Å². The Morgan fingerprint density at radius 2 is 1.76 bits per heavy atom. The number of sulfonamides is 1. The van der Waals surface area contributed by atoms with Crippen LogP contribution in [0.5, 0.6) is 0 Å². The monoisotopic (exact) mass is 372 g/mol. The van der Waals surface area contributed by atoms with E-state index in [0.29, 0.717) is 13.1 Å². The van der Waals surface area contributed by atoms with E-state index in [2.05, 4.69) is 0 Å². The zero-order valence-corrected chi connectivity index (χ0v) is 14.5. The number of rotatable bonds is 4. The molecule has 0 fully saturated rings. The number of nitrogens with two attached hydrogens (primary N) is 1. The van der Waals surface area contributed by atoms with Crippen molar-refractivity contribution >= 4 is 50.7 Å². The van der Waals surface area contributed by atoms with E-state index in [1.807, 2.05) is 0 Å². The number of alkyl halides is 3. The van der Waals surface area contributed by atoms with Crippen molar-refractivity contribution in [2.75, 3.05) is 13.1 Å². The molecule has 118 valence electrons. The number of hydrogen-bond donors (Lipinski definition) is 1. The molecule has 0 aliphatic heterocycles. The Morgan fingerprint density at radius 1 is 1.24 bits per heavy atom. The second-order valence-corrected chi connectivity index (χ2v) is 8.04. The minimum Gasteiger partial charge on any atom is -0.339 e. The van der Waals surface area contributed by atoms with Crippen molar-refractivity contribution in [3.8, 4) is 0 Å². The van der Waals surface area contributed by atoms with E-state index in [1.165, 1.54) is 17.0 Å². The average molecular weight is 374 g/mol. The molecule has 0 radical (unpaired) electrons. The Hall–Kier alpha value is -0.530. The van der Waals surface area contributed by atoms with E-state index < -0.39 is 19.7 Å². The van der Waals surface area contributed by atoms with Crippen molar-refractivity contribution in [3.05, 3.63) is 29.3 Å². The molecule has 21 heavy (non-hydrogen) atoms. The maximum atomic E-state index is 12.3. The minimum atomic E-state index is -4.13. The van der Waals surface area contributed by atoms with Crippen LogP contribution in [0.2, 0.25) is 0 Å². The molecule has 0 spiro atoms. The van der Waals surface area contributed by atoms with Crippen LogP contribution < -0.4 is 5.14 Å². The maximum absolute atomic E-state index is 12.3. The molecule has 0 aliphatic carbocycles. The topological polar surface area (TPSA) is 80.5 Å². The van der Waals surface area contributed by atoms with Crippen molar-refractivity contribution < 1.29 is 13.2 Å². The van der Waals surface area contributed by atoms with Crippen molar-refractivity contribution in [1.82, 2.24) is 4.90 Å². The highest BCUT2D eigenvalue weighted by atomic mass is 35.6.